The molecule has 1 aromatic heterocycles. The maximum absolute atomic E-state index is 5.72. The number of hydrogen-bond acceptors (Lipinski definition) is 4. The van der Waals surface area contributed by atoms with Crippen LogP contribution >= 0.6 is 11.6 Å². The summed E-state index contributed by atoms with van der Waals surface area (Å²) < 4.78 is 0. The van der Waals surface area contributed by atoms with Crippen LogP contribution in [-0.2, 0) is 0 Å². The first kappa shape index (κ1) is 9.27. The average Bonchev–Trinajstić information content (AvgIpc) is 2.48. The van der Waals surface area contributed by atoms with Crippen molar-refractivity contribution < 1.29 is 0 Å². The highest BCUT2D eigenvalue weighted by molar-refractivity contribution is 6.28. The van der Waals surface area contributed by atoms with E-state index in [1.165, 1.54) is 0 Å². The molecule has 2 heterocycles. The molecule has 0 bridgehead atoms. The maximum Gasteiger partial charge on any atom is 0.224 e. The molecule has 1 aliphatic rings. The number of hydrogen-bond donors (Lipinski definition) is 0. The second kappa shape index (κ2) is 3.46. The van der Waals surface area contributed by atoms with E-state index in [0.29, 0.717) is 0 Å². The first-order valence-corrected chi connectivity index (χ1v) is 4.72. The van der Waals surface area contributed by atoms with Crippen LogP contribution in [0.15, 0.2) is 24.7 Å². The lowest BCUT2D eigenvalue weighted by Crippen LogP contribution is -2.20. The van der Waals surface area contributed by atoms with E-state index in [0.717, 1.165) is 24.7 Å². The van der Waals surface area contributed by atoms with Crippen molar-refractivity contribution in [3.63, 3.8) is 0 Å². The molecule has 0 aliphatic carbocycles. The number of halogens is 1. The normalized spacial score (nSPS) is 16.6. The number of nitrogens with zero attached hydrogens (tertiary/aromatic N) is 4. The van der Waals surface area contributed by atoms with Crippen LogP contribution in [-0.4, -0.2) is 35.0 Å². The molecule has 0 aromatic carbocycles. The number of likely N-dealkylation sites (N-methyl/N-ethyl adjacent to an activating group) is 1. The fourth-order valence-corrected chi connectivity index (χ4v) is 1.58. The van der Waals surface area contributed by atoms with Crippen LogP contribution < -0.4 is 4.90 Å². The van der Waals surface area contributed by atoms with Gasteiger partial charge in [0.05, 0.1) is 0 Å². The van der Waals surface area contributed by atoms with Crippen molar-refractivity contribution in [3.05, 3.63) is 29.9 Å². The van der Waals surface area contributed by atoms with E-state index in [2.05, 4.69) is 21.4 Å². The molecule has 1 saturated heterocycles. The third-order valence-electron chi connectivity index (χ3n) is 2.30. The third-order valence-corrected chi connectivity index (χ3v) is 2.48. The van der Waals surface area contributed by atoms with Crippen LogP contribution in [0.1, 0.15) is 0 Å². The van der Waals surface area contributed by atoms with Crippen molar-refractivity contribution in [1.82, 2.24) is 14.9 Å². The molecule has 1 aliphatic heterocycles. The van der Waals surface area contributed by atoms with E-state index >= 15 is 0 Å². The van der Waals surface area contributed by atoms with Crippen LogP contribution in [0.2, 0.25) is 5.28 Å². The standard InChI is InChI=1S/C9H11ClN4/c1-7-13(2)5-6-14(7)8-3-4-11-9(10)12-8/h3-4H,1,5-6H2,2H3. The summed E-state index contributed by atoms with van der Waals surface area (Å²) in [5.41, 5.74) is 0. The van der Waals surface area contributed by atoms with Crippen molar-refractivity contribution in [2.75, 3.05) is 25.0 Å². The molecule has 74 valence electrons. The van der Waals surface area contributed by atoms with Gasteiger partial charge in [0, 0.05) is 26.3 Å². The van der Waals surface area contributed by atoms with E-state index in [9.17, 15) is 0 Å². The fraction of sp³-hybridized carbons (Fsp3) is 0.333. The topological polar surface area (TPSA) is 32.3 Å². The fourth-order valence-electron chi connectivity index (χ4n) is 1.44. The molecule has 1 fully saturated rings. The quantitative estimate of drug-likeness (QED) is 0.656. The Kier molecular flexibility index (Phi) is 2.29. The Morgan fingerprint density at radius 1 is 1.50 bits per heavy atom. The van der Waals surface area contributed by atoms with Gasteiger partial charge in [-0.3, -0.25) is 0 Å². The first-order valence-electron chi connectivity index (χ1n) is 4.34. The van der Waals surface area contributed by atoms with Crippen LogP contribution in [0, 0.1) is 0 Å². The molecule has 0 unspecified atom stereocenters. The Labute approximate surface area is 87.8 Å². The Morgan fingerprint density at radius 2 is 2.29 bits per heavy atom. The summed E-state index contributed by atoms with van der Waals surface area (Å²) in [6.07, 6.45) is 1.65. The van der Waals surface area contributed by atoms with E-state index in [1.807, 2.05) is 18.0 Å². The van der Waals surface area contributed by atoms with E-state index < -0.39 is 0 Å². The smallest absolute Gasteiger partial charge is 0.224 e. The second-order valence-electron chi connectivity index (χ2n) is 3.17. The van der Waals surface area contributed by atoms with Crippen molar-refractivity contribution >= 4 is 17.4 Å². The molecule has 0 saturated carbocycles. The predicted octanol–water partition coefficient (Wildman–Crippen LogP) is 1.35. The van der Waals surface area contributed by atoms with E-state index in [4.69, 9.17) is 11.6 Å². The molecule has 0 N–H and O–H groups in total. The molecular formula is C9H11ClN4. The lowest BCUT2D eigenvalue weighted by atomic mass is 10.5. The summed E-state index contributed by atoms with van der Waals surface area (Å²) in [4.78, 5) is 12.1. The molecule has 5 heteroatoms. The van der Waals surface area contributed by atoms with Crippen LogP contribution in [0.5, 0.6) is 0 Å². The summed E-state index contributed by atoms with van der Waals surface area (Å²) >= 11 is 5.72. The lowest BCUT2D eigenvalue weighted by Gasteiger charge is -2.19. The maximum atomic E-state index is 5.72. The highest BCUT2D eigenvalue weighted by atomic mass is 35.5. The lowest BCUT2D eigenvalue weighted by molar-refractivity contribution is 0.489. The SMILES string of the molecule is C=C1N(C)CCN1c1ccnc(Cl)n1. The zero-order valence-corrected chi connectivity index (χ0v) is 8.70. The highest BCUT2D eigenvalue weighted by Gasteiger charge is 2.21. The molecule has 1 aromatic rings. The molecule has 4 nitrogen and oxygen atoms in total. The first-order chi connectivity index (χ1) is 6.68. The Hall–Kier alpha value is -1.29. The number of rotatable bonds is 1. The number of anilines is 1. The van der Waals surface area contributed by atoms with Gasteiger partial charge in [-0.1, -0.05) is 6.58 Å². The van der Waals surface area contributed by atoms with Gasteiger partial charge in [0.1, 0.15) is 11.6 Å². The molecular weight excluding hydrogens is 200 g/mol. The average molecular weight is 211 g/mol. The third kappa shape index (κ3) is 1.53. The Balaban J connectivity index is 2.28. The minimum absolute atomic E-state index is 0.268. The molecule has 0 radical (unpaired) electrons. The zero-order chi connectivity index (χ0) is 10.1. The number of aromatic nitrogens is 2. The summed E-state index contributed by atoms with van der Waals surface area (Å²) in [5, 5.41) is 0.268. The summed E-state index contributed by atoms with van der Waals surface area (Å²) in [7, 11) is 2.01. The van der Waals surface area contributed by atoms with Crippen LogP contribution in [0.3, 0.4) is 0 Å². The Morgan fingerprint density at radius 3 is 2.86 bits per heavy atom. The molecule has 14 heavy (non-hydrogen) atoms. The van der Waals surface area contributed by atoms with Gasteiger partial charge in [-0.05, 0) is 17.7 Å². The molecule has 0 spiro atoms. The monoisotopic (exact) mass is 210 g/mol. The van der Waals surface area contributed by atoms with Crippen molar-refractivity contribution in [2.24, 2.45) is 0 Å². The van der Waals surface area contributed by atoms with Crippen molar-refractivity contribution in [1.29, 1.82) is 0 Å². The molecule has 0 amide bonds. The van der Waals surface area contributed by atoms with Crippen molar-refractivity contribution in [2.45, 2.75) is 0 Å². The summed E-state index contributed by atoms with van der Waals surface area (Å²) in [5.74, 6) is 1.75. The highest BCUT2D eigenvalue weighted by Crippen LogP contribution is 2.22. The van der Waals surface area contributed by atoms with Gasteiger partial charge in [0.15, 0.2) is 0 Å². The minimum Gasteiger partial charge on any atom is -0.360 e. The zero-order valence-electron chi connectivity index (χ0n) is 7.94. The van der Waals surface area contributed by atoms with Gasteiger partial charge >= 0.3 is 0 Å². The van der Waals surface area contributed by atoms with Gasteiger partial charge in [-0.15, -0.1) is 0 Å². The van der Waals surface area contributed by atoms with Gasteiger partial charge in [-0.2, -0.15) is 0 Å². The summed E-state index contributed by atoms with van der Waals surface area (Å²) in [6, 6.07) is 1.83. The molecule has 2 rings (SSSR count). The van der Waals surface area contributed by atoms with Crippen LogP contribution in [0.4, 0.5) is 5.82 Å². The van der Waals surface area contributed by atoms with Gasteiger partial charge in [0.25, 0.3) is 0 Å². The van der Waals surface area contributed by atoms with E-state index in [1.54, 1.807) is 6.20 Å². The minimum atomic E-state index is 0.268. The largest absolute Gasteiger partial charge is 0.360 e. The van der Waals surface area contributed by atoms with Gasteiger partial charge in [-0.25, -0.2) is 9.97 Å². The van der Waals surface area contributed by atoms with Gasteiger partial charge in [0.2, 0.25) is 5.28 Å². The van der Waals surface area contributed by atoms with Crippen molar-refractivity contribution in [3.8, 4) is 0 Å². The van der Waals surface area contributed by atoms with Gasteiger partial charge < -0.3 is 9.80 Å². The summed E-state index contributed by atoms with van der Waals surface area (Å²) in [6.45, 7) is 5.82. The van der Waals surface area contributed by atoms with Crippen LogP contribution in [0.25, 0.3) is 0 Å². The second-order valence-corrected chi connectivity index (χ2v) is 3.51. The predicted molar refractivity (Wildman–Crippen MR) is 56.2 cm³/mol. The molecule has 0 atom stereocenters. The van der Waals surface area contributed by atoms with E-state index in [-0.39, 0.29) is 5.28 Å². The Bertz CT molecular complexity index is 366.